The fourth-order valence-corrected chi connectivity index (χ4v) is 3.41. The summed E-state index contributed by atoms with van der Waals surface area (Å²) < 4.78 is 11.7. The summed E-state index contributed by atoms with van der Waals surface area (Å²) in [6.45, 7) is 0.241. The Hall–Kier alpha value is -1.82. The molecule has 0 saturated heterocycles. The molecule has 0 amide bonds. The van der Waals surface area contributed by atoms with Crippen LogP contribution in [0, 0.1) is 0 Å². The molecule has 5 nitrogen and oxygen atoms in total. The monoisotopic (exact) mass is 347 g/mol. The molecule has 1 aliphatic heterocycles. The molecule has 2 N–H and O–H groups in total. The molecule has 4 rings (SSSR count). The van der Waals surface area contributed by atoms with E-state index in [2.05, 4.69) is 20.9 Å². The van der Waals surface area contributed by atoms with E-state index in [1.54, 1.807) is 0 Å². The lowest BCUT2D eigenvalue weighted by molar-refractivity contribution is 0.173. The Bertz CT molecular complexity index is 733. The summed E-state index contributed by atoms with van der Waals surface area (Å²) in [5, 5.41) is 0. The third-order valence-electron chi connectivity index (χ3n) is 3.90. The van der Waals surface area contributed by atoms with E-state index in [1.165, 1.54) is 0 Å². The highest BCUT2D eigenvalue weighted by atomic mass is 79.9. The number of aryl methyl sites for hydroxylation is 1. The van der Waals surface area contributed by atoms with Crippen LogP contribution in [0.3, 0.4) is 0 Å². The summed E-state index contributed by atoms with van der Waals surface area (Å²) in [6.07, 6.45) is 4.27. The van der Waals surface area contributed by atoms with E-state index in [-0.39, 0.29) is 6.79 Å². The number of benzene rings is 1. The van der Waals surface area contributed by atoms with Crippen LogP contribution in [0.15, 0.2) is 16.6 Å². The Kier molecular flexibility index (Phi) is 2.99. The van der Waals surface area contributed by atoms with Gasteiger partial charge in [0.25, 0.3) is 0 Å². The number of rotatable bonds is 1. The van der Waals surface area contributed by atoms with Gasteiger partial charge in [-0.25, -0.2) is 9.97 Å². The van der Waals surface area contributed by atoms with Crippen molar-refractivity contribution in [3.63, 3.8) is 0 Å². The van der Waals surface area contributed by atoms with Crippen LogP contribution in [0.1, 0.15) is 24.1 Å². The first-order valence-corrected chi connectivity index (χ1v) is 7.76. The Morgan fingerprint density at radius 1 is 1.10 bits per heavy atom. The maximum Gasteiger partial charge on any atom is 0.231 e. The topological polar surface area (TPSA) is 70.3 Å². The second-order valence-corrected chi connectivity index (χ2v) is 6.11. The minimum absolute atomic E-state index is 0.241. The number of nitrogen functional groups attached to an aromatic ring is 1. The number of ether oxygens (including phenoxy) is 2. The zero-order valence-corrected chi connectivity index (χ0v) is 12.9. The highest BCUT2D eigenvalue weighted by Gasteiger charge is 2.21. The number of fused-ring (bicyclic) bond motifs is 2. The average molecular weight is 348 g/mol. The molecule has 0 saturated carbocycles. The molecule has 2 heterocycles. The SMILES string of the molecule is Nc1nc(-c2cc(Br)c3c(c2)OCO3)nc2c1CCCC2. The van der Waals surface area contributed by atoms with Crippen molar-refractivity contribution in [3.8, 4) is 22.9 Å². The van der Waals surface area contributed by atoms with Crippen LogP contribution < -0.4 is 15.2 Å². The first kappa shape index (κ1) is 12.9. The summed E-state index contributed by atoms with van der Waals surface area (Å²) >= 11 is 3.50. The fourth-order valence-electron chi connectivity index (χ4n) is 2.85. The third-order valence-corrected chi connectivity index (χ3v) is 4.49. The first-order chi connectivity index (χ1) is 10.2. The minimum atomic E-state index is 0.241. The second-order valence-electron chi connectivity index (χ2n) is 5.26. The minimum Gasteiger partial charge on any atom is -0.454 e. The van der Waals surface area contributed by atoms with Crippen molar-refractivity contribution in [1.29, 1.82) is 0 Å². The number of anilines is 1. The highest BCUT2D eigenvalue weighted by molar-refractivity contribution is 9.10. The molecule has 1 aliphatic carbocycles. The smallest absolute Gasteiger partial charge is 0.231 e. The van der Waals surface area contributed by atoms with Crippen LogP contribution in [0.2, 0.25) is 0 Å². The average Bonchev–Trinajstić information content (AvgIpc) is 2.96. The molecule has 0 radical (unpaired) electrons. The third kappa shape index (κ3) is 2.14. The van der Waals surface area contributed by atoms with Gasteiger partial charge in [0.15, 0.2) is 17.3 Å². The molecule has 2 aromatic rings. The lowest BCUT2D eigenvalue weighted by atomic mass is 9.96. The predicted octanol–water partition coefficient (Wildman–Crippen LogP) is 3.10. The zero-order valence-electron chi connectivity index (χ0n) is 11.4. The molecular weight excluding hydrogens is 334 g/mol. The van der Waals surface area contributed by atoms with E-state index in [0.29, 0.717) is 17.4 Å². The number of nitrogens with two attached hydrogens (primary N) is 1. The van der Waals surface area contributed by atoms with Gasteiger partial charge in [-0.05, 0) is 53.7 Å². The molecule has 0 fully saturated rings. The van der Waals surface area contributed by atoms with E-state index in [4.69, 9.17) is 20.2 Å². The molecule has 6 heteroatoms. The number of hydrogen-bond donors (Lipinski definition) is 1. The molecule has 0 unspecified atom stereocenters. The summed E-state index contributed by atoms with van der Waals surface area (Å²) in [7, 11) is 0. The first-order valence-electron chi connectivity index (χ1n) is 6.97. The molecule has 0 bridgehead atoms. The van der Waals surface area contributed by atoms with Crippen LogP contribution in [0.5, 0.6) is 11.5 Å². The molecule has 0 atom stereocenters. The zero-order chi connectivity index (χ0) is 14.4. The van der Waals surface area contributed by atoms with Crippen molar-refractivity contribution in [2.75, 3.05) is 12.5 Å². The maximum absolute atomic E-state index is 6.11. The van der Waals surface area contributed by atoms with Crippen molar-refractivity contribution >= 4 is 21.7 Å². The van der Waals surface area contributed by atoms with Crippen LogP contribution in [-0.2, 0) is 12.8 Å². The van der Waals surface area contributed by atoms with E-state index in [0.717, 1.165) is 52.7 Å². The van der Waals surface area contributed by atoms with Gasteiger partial charge in [0.05, 0.1) is 4.47 Å². The van der Waals surface area contributed by atoms with Crippen LogP contribution in [0.25, 0.3) is 11.4 Å². The van der Waals surface area contributed by atoms with Gasteiger partial charge in [0.2, 0.25) is 6.79 Å². The number of halogens is 1. The summed E-state index contributed by atoms with van der Waals surface area (Å²) in [5.41, 5.74) is 9.19. The van der Waals surface area contributed by atoms with Gasteiger partial charge < -0.3 is 15.2 Å². The van der Waals surface area contributed by atoms with Gasteiger partial charge in [-0.2, -0.15) is 0 Å². The van der Waals surface area contributed by atoms with Gasteiger partial charge in [-0.3, -0.25) is 0 Å². The quantitative estimate of drug-likeness (QED) is 0.858. The van der Waals surface area contributed by atoms with Gasteiger partial charge in [-0.1, -0.05) is 0 Å². The summed E-state index contributed by atoms with van der Waals surface area (Å²) in [6, 6.07) is 3.84. The lowest BCUT2D eigenvalue weighted by Crippen LogP contribution is -2.11. The molecule has 2 aliphatic rings. The van der Waals surface area contributed by atoms with Gasteiger partial charge in [0, 0.05) is 16.8 Å². The van der Waals surface area contributed by atoms with E-state index < -0.39 is 0 Å². The Labute approximate surface area is 130 Å². The standard InChI is InChI=1S/C15H14BrN3O2/c16-10-5-8(6-12-13(10)21-7-20-12)15-18-11-4-2-1-3-9(11)14(17)19-15/h5-6H,1-4,7H2,(H2,17,18,19). The molecule has 1 aromatic carbocycles. The number of hydrogen-bond acceptors (Lipinski definition) is 5. The van der Waals surface area contributed by atoms with Crippen molar-refractivity contribution in [2.24, 2.45) is 0 Å². The maximum atomic E-state index is 6.11. The molecule has 1 aromatic heterocycles. The van der Waals surface area contributed by atoms with Crippen LogP contribution in [0.4, 0.5) is 5.82 Å². The Balaban J connectivity index is 1.84. The van der Waals surface area contributed by atoms with Crippen LogP contribution in [-0.4, -0.2) is 16.8 Å². The number of aromatic nitrogens is 2. The highest BCUT2D eigenvalue weighted by Crippen LogP contribution is 2.42. The van der Waals surface area contributed by atoms with E-state index in [9.17, 15) is 0 Å². The largest absolute Gasteiger partial charge is 0.454 e. The fraction of sp³-hybridized carbons (Fsp3) is 0.333. The van der Waals surface area contributed by atoms with Crippen molar-refractivity contribution < 1.29 is 9.47 Å². The Morgan fingerprint density at radius 3 is 2.86 bits per heavy atom. The van der Waals surface area contributed by atoms with E-state index >= 15 is 0 Å². The van der Waals surface area contributed by atoms with Crippen molar-refractivity contribution in [2.45, 2.75) is 25.7 Å². The number of nitrogens with zero attached hydrogens (tertiary/aromatic N) is 2. The molecular formula is C15H14BrN3O2. The Morgan fingerprint density at radius 2 is 1.95 bits per heavy atom. The van der Waals surface area contributed by atoms with Gasteiger partial charge in [-0.15, -0.1) is 0 Å². The molecule has 0 spiro atoms. The van der Waals surface area contributed by atoms with E-state index in [1.807, 2.05) is 12.1 Å². The summed E-state index contributed by atoms with van der Waals surface area (Å²) in [5.74, 6) is 2.68. The van der Waals surface area contributed by atoms with Crippen molar-refractivity contribution in [1.82, 2.24) is 9.97 Å². The van der Waals surface area contributed by atoms with Crippen LogP contribution >= 0.6 is 15.9 Å². The summed E-state index contributed by atoms with van der Waals surface area (Å²) in [4.78, 5) is 9.18. The normalized spacial score (nSPS) is 15.9. The van der Waals surface area contributed by atoms with Gasteiger partial charge in [0.1, 0.15) is 5.82 Å². The second kappa shape index (κ2) is 4.87. The van der Waals surface area contributed by atoms with Gasteiger partial charge >= 0.3 is 0 Å². The molecule has 108 valence electrons. The lowest BCUT2D eigenvalue weighted by Gasteiger charge is -2.17. The van der Waals surface area contributed by atoms with Crippen molar-refractivity contribution in [3.05, 3.63) is 27.9 Å². The molecule has 21 heavy (non-hydrogen) atoms. The predicted molar refractivity (Wildman–Crippen MR) is 82.3 cm³/mol.